The Morgan fingerprint density at radius 2 is 1.72 bits per heavy atom. The summed E-state index contributed by atoms with van der Waals surface area (Å²) in [6, 6.07) is 16.0. The van der Waals surface area contributed by atoms with Crippen LogP contribution in [-0.4, -0.2) is 10.7 Å². The second kappa shape index (κ2) is 6.29. The van der Waals surface area contributed by atoms with Crippen LogP contribution < -0.4 is 0 Å². The normalized spacial score (nSPS) is 14.7. The number of hydrogen-bond donors (Lipinski definition) is 0. The lowest BCUT2D eigenvalue weighted by molar-refractivity contribution is 0.868. The first-order valence-corrected chi connectivity index (χ1v) is 8.91. The number of halogens is 2. The van der Waals surface area contributed by atoms with Crippen molar-refractivity contribution in [3.63, 3.8) is 0 Å². The summed E-state index contributed by atoms with van der Waals surface area (Å²) >= 11 is 13.2. The quantitative estimate of drug-likeness (QED) is 0.475. The zero-order valence-electron chi connectivity index (χ0n) is 13.9. The molecule has 124 valence electrons. The van der Waals surface area contributed by atoms with Crippen LogP contribution >= 0.6 is 23.2 Å². The third kappa shape index (κ3) is 2.86. The number of pyridine rings is 1. The second-order valence-corrected chi connectivity index (χ2v) is 7.01. The van der Waals surface area contributed by atoms with Gasteiger partial charge in [0.1, 0.15) is 5.15 Å². The van der Waals surface area contributed by atoms with Crippen molar-refractivity contribution in [1.82, 2.24) is 4.98 Å². The summed E-state index contributed by atoms with van der Waals surface area (Å²) in [5, 5.41) is 1.97. The summed E-state index contributed by atoms with van der Waals surface area (Å²) in [5.41, 5.74) is 5.87. The van der Waals surface area contributed by atoms with E-state index in [2.05, 4.69) is 35.1 Å². The molecule has 0 amide bonds. The average molecular weight is 367 g/mol. The summed E-state index contributed by atoms with van der Waals surface area (Å²) in [6.07, 6.45) is 2.12. The molecule has 0 spiro atoms. The molecular weight excluding hydrogens is 351 g/mol. The molecule has 0 radical (unpaired) electrons. The van der Waals surface area contributed by atoms with E-state index < -0.39 is 0 Å². The Balaban J connectivity index is 1.86. The first-order valence-electron chi connectivity index (χ1n) is 8.15. The van der Waals surface area contributed by atoms with E-state index in [-0.39, 0.29) is 5.92 Å². The maximum absolute atomic E-state index is 6.74. The standard InChI is InChI=1S/C21H16Cl2N2/c1-12-10-18(24-12)13(2)15-8-9-17-16(11-15)20(22)19(21(23)25-17)14-6-4-3-5-7-14/h3-11,13H,1-2H3. The molecule has 0 fully saturated rings. The van der Waals surface area contributed by atoms with E-state index in [1.807, 2.05) is 43.3 Å². The van der Waals surface area contributed by atoms with Gasteiger partial charge in [-0.15, -0.1) is 0 Å². The molecule has 0 bridgehead atoms. The van der Waals surface area contributed by atoms with E-state index in [0.29, 0.717) is 10.2 Å². The molecule has 4 rings (SSSR count). The fourth-order valence-corrected chi connectivity index (χ4v) is 3.84. The summed E-state index contributed by atoms with van der Waals surface area (Å²) in [6.45, 7) is 4.16. The highest BCUT2D eigenvalue weighted by molar-refractivity contribution is 6.42. The lowest BCUT2D eigenvalue weighted by atomic mass is 9.93. The molecule has 2 aromatic carbocycles. The molecule has 3 aromatic rings. The van der Waals surface area contributed by atoms with E-state index in [1.54, 1.807) is 0 Å². The van der Waals surface area contributed by atoms with E-state index in [9.17, 15) is 0 Å². The largest absolute Gasteiger partial charge is 0.257 e. The van der Waals surface area contributed by atoms with Crippen molar-refractivity contribution in [2.75, 3.05) is 0 Å². The van der Waals surface area contributed by atoms with Gasteiger partial charge in [0.15, 0.2) is 0 Å². The third-order valence-corrected chi connectivity index (χ3v) is 5.24. The Hall–Kier alpha value is -2.16. The van der Waals surface area contributed by atoms with Crippen molar-refractivity contribution < 1.29 is 0 Å². The van der Waals surface area contributed by atoms with Gasteiger partial charge in [0, 0.05) is 28.3 Å². The molecule has 0 N–H and O–H groups in total. The lowest BCUT2D eigenvalue weighted by Crippen LogP contribution is -2.07. The second-order valence-electron chi connectivity index (χ2n) is 6.28. The topological polar surface area (TPSA) is 25.2 Å². The smallest absolute Gasteiger partial charge is 0.139 e. The van der Waals surface area contributed by atoms with E-state index in [1.165, 1.54) is 5.56 Å². The van der Waals surface area contributed by atoms with Gasteiger partial charge < -0.3 is 0 Å². The highest BCUT2D eigenvalue weighted by Crippen LogP contribution is 2.40. The van der Waals surface area contributed by atoms with Crippen LogP contribution in [0.15, 0.2) is 65.3 Å². The minimum atomic E-state index is 0.222. The van der Waals surface area contributed by atoms with Gasteiger partial charge in [0.25, 0.3) is 0 Å². The fraction of sp³-hybridized carbons (Fsp3) is 0.143. The van der Waals surface area contributed by atoms with Crippen molar-refractivity contribution in [2.45, 2.75) is 19.8 Å². The summed E-state index contributed by atoms with van der Waals surface area (Å²) in [5.74, 6) is 0.222. The van der Waals surface area contributed by atoms with Crippen molar-refractivity contribution in [1.29, 1.82) is 0 Å². The summed E-state index contributed by atoms with van der Waals surface area (Å²) in [4.78, 5) is 9.03. The lowest BCUT2D eigenvalue weighted by Gasteiger charge is -2.19. The maximum atomic E-state index is 6.74. The van der Waals surface area contributed by atoms with Crippen LogP contribution in [0.4, 0.5) is 0 Å². The van der Waals surface area contributed by atoms with Crippen LogP contribution in [0.5, 0.6) is 0 Å². The predicted molar refractivity (Wildman–Crippen MR) is 107 cm³/mol. The van der Waals surface area contributed by atoms with Gasteiger partial charge in [0.2, 0.25) is 0 Å². The Bertz CT molecular complexity index is 1040. The van der Waals surface area contributed by atoms with Gasteiger partial charge in [-0.3, -0.25) is 4.99 Å². The van der Waals surface area contributed by atoms with Crippen LogP contribution in [0, 0.1) is 0 Å². The average Bonchev–Trinajstić information content (AvgIpc) is 2.59. The number of allylic oxidation sites excluding steroid dienone is 2. The molecule has 2 heterocycles. The minimum absolute atomic E-state index is 0.222. The first kappa shape index (κ1) is 16.3. The number of nitrogens with zero attached hydrogens (tertiary/aromatic N) is 2. The maximum Gasteiger partial charge on any atom is 0.139 e. The molecule has 1 unspecified atom stereocenters. The van der Waals surface area contributed by atoms with E-state index >= 15 is 0 Å². The number of aromatic nitrogens is 1. The Morgan fingerprint density at radius 3 is 2.40 bits per heavy atom. The molecule has 0 aliphatic carbocycles. The van der Waals surface area contributed by atoms with Crippen LogP contribution in [0.2, 0.25) is 10.2 Å². The Kier molecular flexibility index (Phi) is 4.10. The van der Waals surface area contributed by atoms with Crippen LogP contribution in [-0.2, 0) is 0 Å². The highest BCUT2D eigenvalue weighted by atomic mass is 35.5. The Labute approximate surface area is 156 Å². The zero-order valence-corrected chi connectivity index (χ0v) is 15.4. The van der Waals surface area contributed by atoms with Gasteiger partial charge in [-0.05, 0) is 36.3 Å². The number of aliphatic imine (C=N–C) groups is 1. The molecule has 1 aliphatic rings. The summed E-state index contributed by atoms with van der Waals surface area (Å²) < 4.78 is 0. The van der Waals surface area contributed by atoms with Crippen LogP contribution in [0.1, 0.15) is 25.3 Å². The van der Waals surface area contributed by atoms with Gasteiger partial charge in [-0.25, -0.2) is 4.98 Å². The van der Waals surface area contributed by atoms with Gasteiger partial charge in [-0.1, -0.05) is 66.5 Å². The fourth-order valence-electron chi connectivity index (χ4n) is 3.14. The highest BCUT2D eigenvalue weighted by Gasteiger charge is 2.19. The van der Waals surface area contributed by atoms with E-state index in [0.717, 1.165) is 33.4 Å². The van der Waals surface area contributed by atoms with Gasteiger partial charge in [0.05, 0.1) is 10.5 Å². The monoisotopic (exact) mass is 366 g/mol. The molecule has 1 aliphatic heterocycles. The van der Waals surface area contributed by atoms with E-state index in [4.69, 9.17) is 23.2 Å². The number of hydrogen-bond acceptors (Lipinski definition) is 2. The molecule has 25 heavy (non-hydrogen) atoms. The van der Waals surface area contributed by atoms with Crippen LogP contribution in [0.3, 0.4) is 0 Å². The van der Waals surface area contributed by atoms with Crippen molar-refractivity contribution in [2.24, 2.45) is 4.99 Å². The Morgan fingerprint density at radius 1 is 1.00 bits per heavy atom. The summed E-state index contributed by atoms with van der Waals surface area (Å²) in [7, 11) is 0. The third-order valence-electron chi connectivity index (χ3n) is 4.57. The molecule has 1 aromatic heterocycles. The number of benzene rings is 2. The van der Waals surface area contributed by atoms with Crippen LogP contribution in [0.25, 0.3) is 22.0 Å². The SMILES string of the molecule is CC1=NC(C(C)c2ccc3nc(Cl)c(-c4ccccc4)c(Cl)c3c2)=C1. The number of fused-ring (bicyclic) bond motifs is 1. The molecule has 2 nitrogen and oxygen atoms in total. The molecule has 0 saturated heterocycles. The molecule has 4 heteroatoms. The van der Waals surface area contributed by atoms with Crippen molar-refractivity contribution in [3.05, 3.63) is 76.0 Å². The van der Waals surface area contributed by atoms with Gasteiger partial charge in [-0.2, -0.15) is 0 Å². The number of rotatable bonds is 3. The van der Waals surface area contributed by atoms with Crippen molar-refractivity contribution in [3.8, 4) is 11.1 Å². The van der Waals surface area contributed by atoms with Crippen molar-refractivity contribution >= 4 is 39.8 Å². The first-order chi connectivity index (χ1) is 12.0. The minimum Gasteiger partial charge on any atom is -0.257 e. The molecule has 1 atom stereocenters. The zero-order chi connectivity index (χ0) is 17.6. The molecule has 0 saturated carbocycles. The molecular formula is C21H16Cl2N2. The predicted octanol–water partition coefficient (Wildman–Crippen LogP) is 6.67. The van der Waals surface area contributed by atoms with Gasteiger partial charge >= 0.3 is 0 Å².